The smallest absolute Gasteiger partial charge is 0.226 e. The third-order valence-electron chi connectivity index (χ3n) is 3.40. The Morgan fingerprint density at radius 3 is 2.82 bits per heavy atom. The molecule has 3 heterocycles. The minimum Gasteiger partial charge on any atom is -0.497 e. The molecule has 110 valence electrons. The maximum absolute atomic E-state index is 6.21. The van der Waals surface area contributed by atoms with Crippen molar-refractivity contribution in [2.75, 3.05) is 7.11 Å². The van der Waals surface area contributed by atoms with E-state index >= 15 is 0 Å². The van der Waals surface area contributed by atoms with Crippen molar-refractivity contribution < 1.29 is 4.74 Å². The molecule has 4 rings (SSSR count). The summed E-state index contributed by atoms with van der Waals surface area (Å²) in [4.78, 5) is 8.92. The van der Waals surface area contributed by atoms with Crippen molar-refractivity contribution in [2.24, 2.45) is 7.05 Å². The maximum Gasteiger partial charge on any atom is 0.226 e. The van der Waals surface area contributed by atoms with E-state index in [2.05, 4.69) is 20.2 Å². The van der Waals surface area contributed by atoms with Crippen molar-refractivity contribution >= 4 is 28.2 Å². The molecule has 0 aliphatic rings. The Morgan fingerprint density at radius 1 is 1.23 bits per heavy atom. The third-order valence-corrected chi connectivity index (χ3v) is 3.65. The van der Waals surface area contributed by atoms with Crippen LogP contribution < -0.4 is 4.74 Å². The fraction of sp³-hybridized carbons (Fsp3) is 0.143. The number of benzene rings is 1. The summed E-state index contributed by atoms with van der Waals surface area (Å²) in [6.45, 7) is 0. The first kappa shape index (κ1) is 13.0. The van der Waals surface area contributed by atoms with Gasteiger partial charge in [-0.2, -0.15) is 9.61 Å². The number of hydrogen-bond acceptors (Lipinski definition) is 5. The van der Waals surface area contributed by atoms with Crippen molar-refractivity contribution in [3.63, 3.8) is 0 Å². The topological polar surface area (TPSA) is 70.1 Å². The number of methoxy groups -OCH3 is 1. The van der Waals surface area contributed by atoms with Crippen LogP contribution in [0.25, 0.3) is 27.9 Å². The van der Waals surface area contributed by atoms with Crippen molar-refractivity contribution in [1.82, 2.24) is 29.4 Å². The molecule has 0 saturated heterocycles. The lowest BCUT2D eigenvalue weighted by Gasteiger charge is -2.03. The summed E-state index contributed by atoms with van der Waals surface area (Å²) in [7, 11) is 3.46. The van der Waals surface area contributed by atoms with Gasteiger partial charge in [0.25, 0.3) is 0 Å². The number of ether oxygens (including phenoxy) is 1. The fourth-order valence-electron chi connectivity index (χ4n) is 2.34. The lowest BCUT2D eigenvalue weighted by atomic mass is 10.2. The van der Waals surface area contributed by atoms with Crippen LogP contribution in [0.5, 0.6) is 5.75 Å². The maximum atomic E-state index is 6.21. The molecule has 0 aliphatic heterocycles. The Balaban J connectivity index is 2.04. The Kier molecular flexibility index (Phi) is 2.77. The number of aromatic nitrogens is 6. The van der Waals surface area contributed by atoms with E-state index in [9.17, 15) is 0 Å². The standard InChI is InChI=1S/C14H11ClN6O/c1-20-7-8(6-16-20)12-18-13-10-5-9(22-2)3-4-11(10)17-14(15)21(13)19-12/h3-7H,1-2H3. The molecule has 0 unspecified atom stereocenters. The third kappa shape index (κ3) is 1.90. The van der Waals surface area contributed by atoms with Crippen LogP contribution in [-0.4, -0.2) is 36.5 Å². The summed E-state index contributed by atoms with van der Waals surface area (Å²) < 4.78 is 8.48. The monoisotopic (exact) mass is 314 g/mol. The highest BCUT2D eigenvalue weighted by Crippen LogP contribution is 2.26. The zero-order valence-corrected chi connectivity index (χ0v) is 12.6. The zero-order valence-electron chi connectivity index (χ0n) is 11.9. The predicted molar refractivity (Wildman–Crippen MR) is 82.1 cm³/mol. The van der Waals surface area contributed by atoms with Crippen LogP contribution >= 0.6 is 11.6 Å². The minimum atomic E-state index is 0.260. The molecule has 7 nitrogen and oxygen atoms in total. The van der Waals surface area contributed by atoms with Gasteiger partial charge < -0.3 is 4.74 Å². The molecular weight excluding hydrogens is 304 g/mol. The van der Waals surface area contributed by atoms with Crippen molar-refractivity contribution in [1.29, 1.82) is 0 Å². The molecule has 0 spiro atoms. The highest BCUT2D eigenvalue weighted by molar-refractivity contribution is 6.29. The summed E-state index contributed by atoms with van der Waals surface area (Å²) in [5.74, 6) is 1.27. The average molecular weight is 315 g/mol. The lowest BCUT2D eigenvalue weighted by Crippen LogP contribution is -1.95. The van der Waals surface area contributed by atoms with E-state index in [0.29, 0.717) is 11.5 Å². The van der Waals surface area contributed by atoms with E-state index in [1.165, 1.54) is 4.52 Å². The van der Waals surface area contributed by atoms with Gasteiger partial charge in [-0.15, -0.1) is 5.10 Å². The Morgan fingerprint density at radius 2 is 2.09 bits per heavy atom. The fourth-order valence-corrected chi connectivity index (χ4v) is 2.55. The van der Waals surface area contributed by atoms with Crippen molar-refractivity contribution in [3.05, 3.63) is 35.9 Å². The average Bonchev–Trinajstić information content (AvgIpc) is 3.13. The van der Waals surface area contributed by atoms with Gasteiger partial charge in [0, 0.05) is 18.6 Å². The molecule has 3 aromatic heterocycles. The van der Waals surface area contributed by atoms with E-state index in [0.717, 1.165) is 22.2 Å². The zero-order chi connectivity index (χ0) is 15.3. The second kappa shape index (κ2) is 4.67. The van der Waals surface area contributed by atoms with E-state index in [1.54, 1.807) is 18.0 Å². The number of nitrogens with zero attached hydrogens (tertiary/aromatic N) is 6. The quantitative estimate of drug-likeness (QED) is 0.531. The second-order valence-electron chi connectivity index (χ2n) is 4.84. The summed E-state index contributed by atoms with van der Waals surface area (Å²) in [5, 5.41) is 9.64. The van der Waals surface area contributed by atoms with Gasteiger partial charge in [-0.3, -0.25) is 4.68 Å². The number of halogens is 1. The van der Waals surface area contributed by atoms with Crippen LogP contribution in [0, 0.1) is 0 Å². The summed E-state index contributed by atoms with van der Waals surface area (Å²) in [6.07, 6.45) is 3.55. The first-order chi connectivity index (χ1) is 10.7. The molecule has 0 N–H and O–H groups in total. The minimum absolute atomic E-state index is 0.260. The molecule has 1 aromatic carbocycles. The normalized spacial score (nSPS) is 11.4. The molecule has 0 bridgehead atoms. The number of fused-ring (bicyclic) bond motifs is 3. The molecule has 0 atom stereocenters. The van der Waals surface area contributed by atoms with E-state index in [4.69, 9.17) is 16.3 Å². The van der Waals surface area contributed by atoms with Gasteiger partial charge in [0.15, 0.2) is 11.5 Å². The van der Waals surface area contributed by atoms with Crippen LogP contribution in [-0.2, 0) is 7.05 Å². The van der Waals surface area contributed by atoms with Gasteiger partial charge in [-0.25, -0.2) is 9.97 Å². The Bertz CT molecular complexity index is 1010. The lowest BCUT2D eigenvalue weighted by molar-refractivity contribution is 0.415. The summed E-state index contributed by atoms with van der Waals surface area (Å²) >= 11 is 6.21. The van der Waals surface area contributed by atoms with E-state index in [-0.39, 0.29) is 5.28 Å². The highest BCUT2D eigenvalue weighted by Gasteiger charge is 2.14. The molecule has 0 radical (unpaired) electrons. The van der Waals surface area contributed by atoms with Gasteiger partial charge in [0.05, 0.1) is 24.4 Å². The number of hydrogen-bond donors (Lipinski definition) is 0. The Hall–Kier alpha value is -2.67. The second-order valence-corrected chi connectivity index (χ2v) is 5.18. The molecule has 0 saturated carbocycles. The van der Waals surface area contributed by atoms with Crippen LogP contribution in [0.3, 0.4) is 0 Å². The summed E-state index contributed by atoms with van der Waals surface area (Å²) in [5.41, 5.74) is 2.19. The molecule has 8 heteroatoms. The van der Waals surface area contributed by atoms with Gasteiger partial charge in [-0.1, -0.05) is 0 Å². The van der Waals surface area contributed by atoms with Crippen LogP contribution in [0.2, 0.25) is 5.28 Å². The Labute approximate surface area is 130 Å². The van der Waals surface area contributed by atoms with Crippen LogP contribution in [0.1, 0.15) is 0 Å². The predicted octanol–water partition coefficient (Wildman–Crippen LogP) is 2.34. The molecule has 0 amide bonds. The van der Waals surface area contributed by atoms with Crippen molar-refractivity contribution in [2.45, 2.75) is 0 Å². The van der Waals surface area contributed by atoms with E-state index in [1.807, 2.05) is 31.4 Å². The number of rotatable bonds is 2. The first-order valence-corrected chi connectivity index (χ1v) is 6.92. The molecule has 4 aromatic rings. The molecule has 22 heavy (non-hydrogen) atoms. The van der Waals surface area contributed by atoms with Gasteiger partial charge in [-0.05, 0) is 29.8 Å². The molecule has 0 aliphatic carbocycles. The van der Waals surface area contributed by atoms with Crippen LogP contribution in [0.4, 0.5) is 0 Å². The van der Waals surface area contributed by atoms with Crippen molar-refractivity contribution in [3.8, 4) is 17.1 Å². The van der Waals surface area contributed by atoms with Gasteiger partial charge in [0.2, 0.25) is 5.28 Å². The van der Waals surface area contributed by atoms with Gasteiger partial charge in [0.1, 0.15) is 5.75 Å². The highest BCUT2D eigenvalue weighted by atomic mass is 35.5. The SMILES string of the molecule is COc1ccc2nc(Cl)n3nc(-c4cnn(C)c4)nc3c2c1. The van der Waals surface area contributed by atoms with Crippen LogP contribution in [0.15, 0.2) is 30.6 Å². The molecular formula is C14H11ClN6O. The number of aryl methyl sites for hydroxylation is 1. The first-order valence-electron chi connectivity index (χ1n) is 6.55. The van der Waals surface area contributed by atoms with Gasteiger partial charge >= 0.3 is 0 Å². The largest absolute Gasteiger partial charge is 0.497 e. The molecule has 0 fully saturated rings. The van der Waals surface area contributed by atoms with E-state index < -0.39 is 0 Å². The summed E-state index contributed by atoms with van der Waals surface area (Å²) in [6, 6.07) is 5.55.